The molecule has 3 nitrogen and oxygen atoms in total. The van der Waals surface area contributed by atoms with E-state index >= 15 is 0 Å². The third-order valence-corrected chi connectivity index (χ3v) is 4.87. The Kier molecular flexibility index (Phi) is 5.09. The van der Waals surface area contributed by atoms with Gasteiger partial charge in [0.2, 0.25) is 0 Å². The molecule has 0 bridgehead atoms. The predicted octanol–water partition coefficient (Wildman–Crippen LogP) is 5.64. The number of nitrogens with one attached hydrogen (secondary N) is 1. The number of phenolic OH excluding ortho intramolecular Hbond substituents is 1. The Bertz CT molecular complexity index is 892. The zero-order valence-corrected chi connectivity index (χ0v) is 15.0. The van der Waals surface area contributed by atoms with Crippen LogP contribution in [-0.2, 0) is 6.54 Å². The van der Waals surface area contributed by atoms with E-state index in [2.05, 4.69) is 16.5 Å². The van der Waals surface area contributed by atoms with Gasteiger partial charge in [0.25, 0.3) is 0 Å². The van der Waals surface area contributed by atoms with Gasteiger partial charge in [-0.1, -0.05) is 53.3 Å². The fraction of sp³-hybridized carbons (Fsp3) is 0.0556. The lowest BCUT2D eigenvalue weighted by Gasteiger charge is -2.06. The summed E-state index contributed by atoms with van der Waals surface area (Å²) >= 11 is 13.9. The lowest BCUT2D eigenvalue weighted by atomic mass is 10.1. The largest absolute Gasteiger partial charge is 0.508 e. The fourth-order valence-corrected chi connectivity index (χ4v) is 3.83. The zero-order valence-electron chi connectivity index (χ0n) is 12.7. The van der Waals surface area contributed by atoms with Gasteiger partial charge < -0.3 is 5.11 Å². The number of thiazole rings is 1. The molecule has 2 N–H and O–H groups in total. The standard InChI is InChI=1S/C18H14Cl2N2OS/c1-2-8-22-17(15-7-6-12(19)9-16(15)20)11-24-18(22)21-13-4-3-5-14(23)10-13/h2-7,9-11,23H,1,8H2/p+1. The molecule has 0 saturated heterocycles. The van der Waals surface area contributed by atoms with Gasteiger partial charge in [-0.05, 0) is 30.3 Å². The molecule has 0 spiro atoms. The van der Waals surface area contributed by atoms with E-state index in [0.29, 0.717) is 16.6 Å². The minimum absolute atomic E-state index is 0.216. The van der Waals surface area contributed by atoms with Crippen LogP contribution in [0.1, 0.15) is 0 Å². The zero-order chi connectivity index (χ0) is 17.1. The van der Waals surface area contributed by atoms with Gasteiger partial charge >= 0.3 is 5.13 Å². The van der Waals surface area contributed by atoms with Crippen molar-refractivity contribution in [2.45, 2.75) is 6.54 Å². The van der Waals surface area contributed by atoms with E-state index in [1.165, 1.54) is 0 Å². The van der Waals surface area contributed by atoms with Crippen LogP contribution in [-0.4, -0.2) is 5.11 Å². The third kappa shape index (κ3) is 3.56. The first-order valence-corrected chi connectivity index (χ1v) is 8.85. The first-order valence-electron chi connectivity index (χ1n) is 7.22. The van der Waals surface area contributed by atoms with Crippen molar-refractivity contribution in [1.82, 2.24) is 0 Å². The number of nitrogens with zero attached hydrogens (tertiary/aromatic N) is 1. The molecule has 0 unspecified atom stereocenters. The summed E-state index contributed by atoms with van der Waals surface area (Å²) in [6.45, 7) is 4.46. The second-order valence-corrected chi connectivity index (χ2v) is 6.83. The van der Waals surface area contributed by atoms with Crippen LogP contribution in [0, 0.1) is 0 Å². The molecule has 3 rings (SSSR count). The summed E-state index contributed by atoms with van der Waals surface area (Å²) in [4.78, 5) is 0. The number of anilines is 2. The van der Waals surface area contributed by atoms with Gasteiger partial charge in [-0.15, -0.1) is 0 Å². The van der Waals surface area contributed by atoms with Crippen LogP contribution in [0.25, 0.3) is 11.3 Å². The maximum absolute atomic E-state index is 9.62. The maximum Gasteiger partial charge on any atom is 0.339 e. The Morgan fingerprint density at radius 3 is 2.75 bits per heavy atom. The molecule has 0 fully saturated rings. The number of hydrogen-bond acceptors (Lipinski definition) is 3. The summed E-state index contributed by atoms with van der Waals surface area (Å²) in [7, 11) is 0. The summed E-state index contributed by atoms with van der Waals surface area (Å²) in [5.74, 6) is 0.216. The van der Waals surface area contributed by atoms with E-state index in [1.807, 2.05) is 29.7 Å². The van der Waals surface area contributed by atoms with Crippen LogP contribution in [0.4, 0.5) is 10.8 Å². The second kappa shape index (κ2) is 7.26. The molecule has 0 atom stereocenters. The van der Waals surface area contributed by atoms with E-state index in [0.717, 1.165) is 22.1 Å². The van der Waals surface area contributed by atoms with Crippen molar-refractivity contribution in [3.05, 3.63) is 70.5 Å². The Morgan fingerprint density at radius 1 is 1.21 bits per heavy atom. The van der Waals surface area contributed by atoms with Gasteiger partial charge in [0, 0.05) is 22.0 Å². The van der Waals surface area contributed by atoms with Crippen molar-refractivity contribution in [3.63, 3.8) is 0 Å². The van der Waals surface area contributed by atoms with Crippen molar-refractivity contribution < 1.29 is 9.67 Å². The molecule has 24 heavy (non-hydrogen) atoms. The van der Waals surface area contributed by atoms with Gasteiger partial charge in [-0.2, -0.15) is 0 Å². The summed E-state index contributed by atoms with van der Waals surface area (Å²) in [5.41, 5.74) is 2.69. The van der Waals surface area contributed by atoms with Crippen molar-refractivity contribution in [2.24, 2.45) is 0 Å². The van der Waals surface area contributed by atoms with Gasteiger partial charge in [-0.25, -0.2) is 9.88 Å². The van der Waals surface area contributed by atoms with E-state index in [9.17, 15) is 5.11 Å². The highest BCUT2D eigenvalue weighted by molar-refractivity contribution is 7.13. The predicted molar refractivity (Wildman–Crippen MR) is 102 cm³/mol. The van der Waals surface area contributed by atoms with Gasteiger partial charge in [0.15, 0.2) is 0 Å². The highest BCUT2D eigenvalue weighted by atomic mass is 35.5. The molecule has 0 aliphatic heterocycles. The average molecular weight is 378 g/mol. The molecule has 6 heteroatoms. The van der Waals surface area contributed by atoms with E-state index < -0.39 is 0 Å². The molecule has 0 aliphatic rings. The van der Waals surface area contributed by atoms with Crippen LogP contribution in [0.3, 0.4) is 0 Å². The SMILES string of the molecule is C=CC[n+]1c(-c2ccc(Cl)cc2Cl)csc1Nc1cccc(O)c1. The first-order chi connectivity index (χ1) is 11.6. The maximum atomic E-state index is 9.62. The van der Waals surface area contributed by atoms with Crippen LogP contribution >= 0.6 is 34.5 Å². The van der Waals surface area contributed by atoms with Gasteiger partial charge in [-0.3, -0.25) is 0 Å². The van der Waals surface area contributed by atoms with Crippen LogP contribution < -0.4 is 9.88 Å². The molecule has 1 heterocycles. The summed E-state index contributed by atoms with van der Waals surface area (Å²) < 4.78 is 2.08. The lowest BCUT2D eigenvalue weighted by Crippen LogP contribution is -2.35. The molecule has 0 aliphatic carbocycles. The Labute approximate surface area is 154 Å². The minimum atomic E-state index is 0.216. The van der Waals surface area contributed by atoms with E-state index in [1.54, 1.807) is 35.6 Å². The normalized spacial score (nSPS) is 10.6. The molecule has 122 valence electrons. The van der Waals surface area contributed by atoms with Crippen LogP contribution in [0.15, 0.2) is 60.5 Å². The third-order valence-electron chi connectivity index (χ3n) is 3.43. The highest BCUT2D eigenvalue weighted by Crippen LogP contribution is 2.32. The summed E-state index contributed by atoms with van der Waals surface area (Å²) in [6.07, 6.45) is 1.83. The molecule has 0 amide bonds. The topological polar surface area (TPSA) is 36.1 Å². The summed E-state index contributed by atoms with van der Waals surface area (Å²) in [6, 6.07) is 12.5. The van der Waals surface area contributed by atoms with E-state index in [-0.39, 0.29) is 5.75 Å². The van der Waals surface area contributed by atoms with Gasteiger partial charge in [0.1, 0.15) is 23.7 Å². The highest BCUT2D eigenvalue weighted by Gasteiger charge is 2.20. The van der Waals surface area contributed by atoms with Crippen molar-refractivity contribution in [3.8, 4) is 17.0 Å². The quantitative estimate of drug-likeness (QED) is 0.445. The van der Waals surface area contributed by atoms with Crippen molar-refractivity contribution in [2.75, 3.05) is 5.32 Å². The van der Waals surface area contributed by atoms with Crippen LogP contribution in [0.2, 0.25) is 10.0 Å². The Hall–Kier alpha value is -2.01. The number of halogens is 2. The summed E-state index contributed by atoms with van der Waals surface area (Å²) in [5, 5.41) is 17.1. The monoisotopic (exact) mass is 377 g/mol. The number of phenols is 1. The molecule has 2 aromatic carbocycles. The van der Waals surface area contributed by atoms with Crippen molar-refractivity contribution >= 4 is 45.4 Å². The number of rotatable bonds is 5. The minimum Gasteiger partial charge on any atom is -0.508 e. The number of hydrogen-bond donors (Lipinski definition) is 2. The molecule has 0 radical (unpaired) electrons. The molecule has 3 aromatic rings. The number of aromatic nitrogens is 1. The Balaban J connectivity index is 2.02. The molecular formula is C18H15Cl2N2OS+. The second-order valence-electron chi connectivity index (χ2n) is 5.12. The first kappa shape index (κ1) is 16.8. The smallest absolute Gasteiger partial charge is 0.339 e. The number of aromatic hydroxyl groups is 1. The van der Waals surface area contributed by atoms with Crippen LogP contribution in [0.5, 0.6) is 5.75 Å². The molecular weight excluding hydrogens is 363 g/mol. The number of benzene rings is 2. The number of allylic oxidation sites excluding steroid dienone is 1. The fourth-order valence-electron chi connectivity index (χ4n) is 2.37. The molecule has 1 aromatic heterocycles. The lowest BCUT2D eigenvalue weighted by molar-refractivity contribution is -0.657. The Morgan fingerprint density at radius 2 is 2.04 bits per heavy atom. The molecule has 0 saturated carbocycles. The average Bonchev–Trinajstić information content (AvgIpc) is 2.91. The van der Waals surface area contributed by atoms with Crippen molar-refractivity contribution in [1.29, 1.82) is 0 Å². The van der Waals surface area contributed by atoms with E-state index in [4.69, 9.17) is 23.2 Å². The van der Waals surface area contributed by atoms with Gasteiger partial charge in [0.05, 0.1) is 5.02 Å².